The van der Waals surface area contributed by atoms with Crippen molar-refractivity contribution in [3.05, 3.63) is 23.3 Å². The molecule has 1 aromatic rings. The first-order valence-corrected chi connectivity index (χ1v) is 16.1. The van der Waals surface area contributed by atoms with Crippen molar-refractivity contribution in [3.8, 4) is 11.5 Å². The Morgan fingerprint density at radius 3 is 1.43 bits per heavy atom. The van der Waals surface area contributed by atoms with E-state index in [4.69, 9.17) is 4.74 Å². The van der Waals surface area contributed by atoms with Crippen LogP contribution >= 0.6 is 7.26 Å². The van der Waals surface area contributed by atoms with E-state index in [9.17, 15) is 27.2 Å². The monoisotopic (exact) mass is 551 g/mol. The largest absolute Gasteiger partial charge is 0.420 e. The Balaban J connectivity index is 3.00. The van der Waals surface area contributed by atoms with E-state index in [2.05, 4.69) is 25.5 Å². The summed E-state index contributed by atoms with van der Waals surface area (Å²) in [7, 11) is -1.28. The van der Waals surface area contributed by atoms with Crippen LogP contribution in [-0.2, 0) is 9.59 Å². The molecule has 1 rings (SSSR count). The highest BCUT2D eigenvalue weighted by molar-refractivity contribution is 7.75. The molecular weight excluding hydrogens is 507 g/mol. The fourth-order valence-corrected chi connectivity index (χ4v) is 9.15. The first kappa shape index (κ1) is 33.3. The summed E-state index contributed by atoms with van der Waals surface area (Å²) in [6.45, 7) is 11.1. The van der Waals surface area contributed by atoms with E-state index in [1.165, 1.54) is 13.8 Å². The van der Waals surface area contributed by atoms with Crippen molar-refractivity contribution in [2.75, 3.05) is 24.6 Å². The maximum Gasteiger partial charge on any atom is 0.317 e. The molecule has 4 nitrogen and oxygen atoms in total. The van der Waals surface area contributed by atoms with Crippen LogP contribution in [0, 0.1) is 28.7 Å². The van der Waals surface area contributed by atoms with Crippen molar-refractivity contribution in [1.82, 2.24) is 0 Å². The lowest BCUT2D eigenvalue weighted by Crippen LogP contribution is -2.29. The van der Waals surface area contributed by atoms with Crippen LogP contribution in [0.25, 0.3) is 0 Å². The zero-order valence-corrected chi connectivity index (χ0v) is 24.2. The van der Waals surface area contributed by atoms with Gasteiger partial charge in [0.2, 0.25) is 34.8 Å². The molecule has 0 aliphatic carbocycles. The summed E-state index contributed by atoms with van der Waals surface area (Å²) >= 11 is 0. The second-order valence-corrected chi connectivity index (χ2v) is 14.9. The van der Waals surface area contributed by atoms with Gasteiger partial charge in [0.15, 0.2) is 0 Å². The van der Waals surface area contributed by atoms with Gasteiger partial charge in [-0.2, -0.15) is 17.6 Å². The SMILES string of the molecule is CCCC[P+](CCCC)(CCCC)CCCC(=O)Oc1c(F)c(F)c(OC(=O)C(C)(C)CC)c(F)c1F. The number of benzene rings is 1. The standard InChI is InChI=1S/C28H44F4O4P/c1-7-11-16-37(17-12-8-2,18-13-9-3)19-14-15-20(33)35-25-21(29)23(31)26(24(32)22(25)30)36-27(34)28(5,6)10-4/h7-19H2,1-6H3/q+1. The smallest absolute Gasteiger partial charge is 0.317 e. The molecule has 0 unspecified atom stereocenters. The molecule has 9 heteroatoms. The summed E-state index contributed by atoms with van der Waals surface area (Å²) in [6.07, 6.45) is 11.7. The average Bonchev–Trinajstić information content (AvgIpc) is 2.88. The van der Waals surface area contributed by atoms with Gasteiger partial charge in [0.1, 0.15) is 0 Å². The van der Waals surface area contributed by atoms with E-state index < -0.39 is 59.4 Å². The molecule has 0 aliphatic rings. The number of hydrogen-bond donors (Lipinski definition) is 0. The van der Waals surface area contributed by atoms with Crippen LogP contribution in [0.1, 0.15) is 99.3 Å². The van der Waals surface area contributed by atoms with Crippen LogP contribution in [0.4, 0.5) is 17.6 Å². The van der Waals surface area contributed by atoms with Crippen molar-refractivity contribution in [2.45, 2.75) is 99.3 Å². The molecule has 0 heterocycles. The molecule has 0 spiro atoms. The van der Waals surface area contributed by atoms with Gasteiger partial charge in [-0.15, -0.1) is 0 Å². The van der Waals surface area contributed by atoms with Crippen molar-refractivity contribution < 1.29 is 36.6 Å². The first-order valence-electron chi connectivity index (χ1n) is 13.5. The minimum atomic E-state index is -1.93. The van der Waals surface area contributed by atoms with E-state index in [1.54, 1.807) is 6.92 Å². The Kier molecular flexibility index (Phi) is 14.1. The molecule has 37 heavy (non-hydrogen) atoms. The van der Waals surface area contributed by atoms with Gasteiger partial charge in [-0.1, -0.05) is 47.0 Å². The molecule has 0 atom stereocenters. The Bertz CT molecular complexity index is 854. The van der Waals surface area contributed by atoms with Gasteiger partial charge in [-0.3, -0.25) is 9.59 Å². The van der Waals surface area contributed by atoms with Crippen LogP contribution in [0.5, 0.6) is 11.5 Å². The van der Waals surface area contributed by atoms with Gasteiger partial charge >= 0.3 is 11.9 Å². The number of hydrogen-bond acceptors (Lipinski definition) is 4. The second-order valence-electron chi connectivity index (χ2n) is 10.4. The zero-order valence-electron chi connectivity index (χ0n) is 23.3. The molecule has 0 saturated heterocycles. The minimum absolute atomic E-state index is 0.115. The predicted molar refractivity (Wildman–Crippen MR) is 142 cm³/mol. The number of halogens is 4. The van der Waals surface area contributed by atoms with Crippen LogP contribution in [0.15, 0.2) is 0 Å². The normalized spacial score (nSPS) is 12.1. The van der Waals surface area contributed by atoms with E-state index >= 15 is 0 Å². The molecule has 0 saturated carbocycles. The van der Waals surface area contributed by atoms with E-state index in [0.717, 1.165) is 63.2 Å². The average molecular weight is 552 g/mol. The zero-order chi connectivity index (χ0) is 28.2. The molecule has 212 valence electrons. The summed E-state index contributed by atoms with van der Waals surface area (Å²) in [4.78, 5) is 24.6. The van der Waals surface area contributed by atoms with Crippen molar-refractivity contribution in [1.29, 1.82) is 0 Å². The second kappa shape index (κ2) is 15.7. The third kappa shape index (κ3) is 9.53. The summed E-state index contributed by atoms with van der Waals surface area (Å²) < 4.78 is 67.6. The molecule has 0 aliphatic heterocycles. The molecule has 0 bridgehead atoms. The van der Waals surface area contributed by atoms with E-state index in [-0.39, 0.29) is 12.8 Å². The molecule has 0 N–H and O–H groups in total. The highest BCUT2D eigenvalue weighted by Crippen LogP contribution is 2.61. The Labute approximate surface area is 220 Å². The lowest BCUT2D eigenvalue weighted by molar-refractivity contribution is -0.144. The maximum absolute atomic E-state index is 14.6. The summed E-state index contributed by atoms with van der Waals surface area (Å²) in [5, 5.41) is 0. The summed E-state index contributed by atoms with van der Waals surface area (Å²) in [5.74, 6) is -12.6. The summed E-state index contributed by atoms with van der Waals surface area (Å²) in [5.41, 5.74) is -1.12. The van der Waals surface area contributed by atoms with Crippen LogP contribution in [-0.4, -0.2) is 36.6 Å². The lowest BCUT2D eigenvalue weighted by atomic mass is 9.91. The van der Waals surface area contributed by atoms with Gasteiger partial charge in [0.05, 0.1) is 30.1 Å². The number of rotatable bonds is 17. The van der Waals surface area contributed by atoms with E-state index in [0.29, 0.717) is 6.42 Å². The Morgan fingerprint density at radius 2 is 1.05 bits per heavy atom. The fourth-order valence-electron chi connectivity index (χ4n) is 4.02. The predicted octanol–water partition coefficient (Wildman–Crippen LogP) is 8.69. The third-order valence-corrected chi connectivity index (χ3v) is 12.1. The minimum Gasteiger partial charge on any atom is -0.420 e. The molecular formula is C28H44F4O4P+. The quantitative estimate of drug-likeness (QED) is 0.0639. The molecule has 0 fully saturated rings. The molecule has 1 aromatic carbocycles. The van der Waals surface area contributed by atoms with Crippen LogP contribution in [0.2, 0.25) is 0 Å². The summed E-state index contributed by atoms with van der Waals surface area (Å²) in [6, 6.07) is 0. The first-order chi connectivity index (χ1) is 17.4. The molecule has 0 aromatic heterocycles. The topological polar surface area (TPSA) is 52.6 Å². The van der Waals surface area contributed by atoms with Gasteiger partial charge < -0.3 is 9.47 Å². The number of unbranched alkanes of at least 4 members (excludes halogenated alkanes) is 3. The highest BCUT2D eigenvalue weighted by Gasteiger charge is 2.36. The third-order valence-electron chi connectivity index (χ3n) is 7.00. The number of carbonyl (C=O) groups excluding carboxylic acids is 2. The Morgan fingerprint density at radius 1 is 0.676 bits per heavy atom. The van der Waals surface area contributed by atoms with E-state index in [1.807, 2.05) is 0 Å². The molecule has 0 radical (unpaired) electrons. The fraction of sp³-hybridized carbons (Fsp3) is 0.714. The van der Waals surface area contributed by atoms with Crippen molar-refractivity contribution in [2.24, 2.45) is 5.41 Å². The highest BCUT2D eigenvalue weighted by atomic mass is 31.2. The maximum atomic E-state index is 14.6. The van der Waals surface area contributed by atoms with Crippen LogP contribution < -0.4 is 9.47 Å². The van der Waals surface area contributed by atoms with Crippen LogP contribution in [0.3, 0.4) is 0 Å². The lowest BCUT2D eigenvalue weighted by Gasteiger charge is -2.28. The Hall–Kier alpha value is -1.69. The van der Waals surface area contributed by atoms with Crippen molar-refractivity contribution >= 4 is 19.2 Å². The van der Waals surface area contributed by atoms with Gasteiger partial charge in [0.25, 0.3) is 0 Å². The van der Waals surface area contributed by atoms with Crippen molar-refractivity contribution in [3.63, 3.8) is 0 Å². The number of esters is 2. The van der Waals surface area contributed by atoms with Gasteiger partial charge in [-0.05, 0) is 46.0 Å². The van der Waals surface area contributed by atoms with Gasteiger partial charge in [0, 0.05) is 13.7 Å². The molecule has 0 amide bonds. The number of carbonyl (C=O) groups is 2. The van der Waals surface area contributed by atoms with Gasteiger partial charge in [-0.25, -0.2) is 0 Å². The number of ether oxygens (including phenoxy) is 2.